The highest BCUT2D eigenvalue weighted by Gasteiger charge is 2.23. The van der Waals surface area contributed by atoms with Gasteiger partial charge in [-0.1, -0.05) is 115 Å². The van der Waals surface area contributed by atoms with E-state index in [1.54, 1.807) is 0 Å². The second-order valence-electron chi connectivity index (χ2n) is 12.6. The minimum Gasteiger partial charge on any atom is -0.455 e. The van der Waals surface area contributed by atoms with Gasteiger partial charge in [-0.05, 0) is 70.9 Å². The van der Waals surface area contributed by atoms with Crippen LogP contribution >= 0.6 is 0 Å². The van der Waals surface area contributed by atoms with Gasteiger partial charge < -0.3 is 13.6 Å². The summed E-state index contributed by atoms with van der Waals surface area (Å²) >= 11 is 0. The van der Waals surface area contributed by atoms with Gasteiger partial charge in [0.25, 0.3) is 0 Å². The van der Waals surface area contributed by atoms with Crippen LogP contribution in [0.2, 0.25) is 0 Å². The molecule has 0 saturated heterocycles. The molecule has 11 aromatic rings. The molecule has 0 aliphatic heterocycles. The Kier molecular flexibility index (Phi) is 4.65. The van der Waals surface area contributed by atoms with Gasteiger partial charge in [0.2, 0.25) is 0 Å². The Morgan fingerprint density at radius 1 is 0.469 bits per heavy atom. The van der Waals surface area contributed by atoms with Crippen LogP contribution in [0.15, 0.2) is 174 Å². The molecule has 0 fully saturated rings. The summed E-state index contributed by atoms with van der Waals surface area (Å²) in [5, 5.41) is 7.41. The number of nitrogens with zero attached hydrogens (tertiary/aromatic N) is 2. The Hall–Kier alpha value is -6.58. The highest BCUT2D eigenvalue weighted by atomic mass is 16.3. The molecule has 3 aromatic heterocycles. The second kappa shape index (κ2) is 9.96. The molecule has 3 heterocycles. The van der Waals surface area contributed by atoms with Crippen LogP contribution in [0.25, 0.3) is 98.8 Å². The van der Waals surface area contributed by atoms with Gasteiger partial charge in [0.05, 0.1) is 38.6 Å². The molecule has 0 atom stereocenters. The Morgan fingerprint density at radius 2 is 1.20 bits per heavy atom. The topological polar surface area (TPSA) is 23.0 Å². The van der Waals surface area contributed by atoms with Crippen molar-refractivity contribution in [3.63, 3.8) is 0 Å². The van der Waals surface area contributed by atoms with Gasteiger partial charge in [-0.25, -0.2) is 0 Å². The zero-order valence-electron chi connectivity index (χ0n) is 30.2. The number of rotatable bonds is 3. The smallest absolute Gasteiger partial charge is 0.145 e. The molecular weight excluding hydrogens is 597 g/mol. The number of benzene rings is 8. The maximum Gasteiger partial charge on any atom is 0.145 e. The van der Waals surface area contributed by atoms with Gasteiger partial charge in [-0.2, -0.15) is 0 Å². The van der Waals surface area contributed by atoms with Crippen LogP contribution in [0.1, 0.15) is 5.48 Å². The molecule has 0 aliphatic rings. The summed E-state index contributed by atoms with van der Waals surface area (Å²) in [5.41, 5.74) is 8.47. The number of para-hydroxylation sites is 3. The van der Waals surface area contributed by atoms with E-state index < -0.39 is 0 Å². The molecule has 49 heavy (non-hydrogen) atoms. The first-order chi connectivity index (χ1) is 26.0. The SMILES string of the molecule is [2H]c1c([2H])c([2H])c2c(c1[2H])c1cc3c4c5ccccc5ccc4n(-c4ccccc4)c3cc1n2-c1ccc(-c2ccccc2)c2oc3ccccc3c12. The molecule has 11 rings (SSSR count). The highest BCUT2D eigenvalue weighted by Crippen LogP contribution is 2.45. The molecule has 0 amide bonds. The van der Waals surface area contributed by atoms with Crippen LogP contribution in [0.4, 0.5) is 0 Å². The highest BCUT2D eigenvalue weighted by molar-refractivity contribution is 6.26. The van der Waals surface area contributed by atoms with Crippen LogP contribution < -0.4 is 0 Å². The summed E-state index contributed by atoms with van der Waals surface area (Å²) in [6.45, 7) is 0. The number of hydrogen-bond acceptors (Lipinski definition) is 1. The molecule has 228 valence electrons. The molecule has 0 unspecified atom stereocenters. The average molecular weight is 629 g/mol. The third-order valence-corrected chi connectivity index (χ3v) is 10.0. The van der Waals surface area contributed by atoms with E-state index in [-0.39, 0.29) is 24.2 Å². The molecule has 0 N–H and O–H groups in total. The number of furan rings is 1. The monoisotopic (exact) mass is 628 g/mol. The fraction of sp³-hybridized carbons (Fsp3) is 0. The zero-order valence-corrected chi connectivity index (χ0v) is 26.2. The van der Waals surface area contributed by atoms with Gasteiger partial charge in [-0.3, -0.25) is 0 Å². The van der Waals surface area contributed by atoms with Crippen molar-refractivity contribution >= 4 is 76.3 Å². The van der Waals surface area contributed by atoms with Crippen molar-refractivity contribution in [2.45, 2.75) is 0 Å². The number of fused-ring (bicyclic) bond motifs is 11. The molecule has 0 bridgehead atoms. The standard InChI is InChI=1S/C46H28N2O/c1-3-13-29(14-4-1)33-24-26-40(45-35-20-10-12-22-43(35)49-46(33)45)48-38-21-11-9-19-34(38)36-27-37-42(28-41(36)48)47(31-16-5-2-6-17-31)39-25-23-30-15-7-8-18-32(30)44(37)39/h1-28H/i9D,11D,19D,21D. The molecule has 3 nitrogen and oxygen atoms in total. The van der Waals surface area contributed by atoms with Crippen molar-refractivity contribution in [2.24, 2.45) is 0 Å². The van der Waals surface area contributed by atoms with Crippen LogP contribution in [-0.4, -0.2) is 9.13 Å². The quantitative estimate of drug-likeness (QED) is 0.191. The third kappa shape index (κ3) is 3.67. The van der Waals surface area contributed by atoms with E-state index in [9.17, 15) is 2.74 Å². The van der Waals surface area contributed by atoms with Crippen molar-refractivity contribution in [3.05, 3.63) is 170 Å². The van der Waals surface area contributed by atoms with Crippen LogP contribution in [-0.2, 0) is 0 Å². The molecule has 8 aromatic carbocycles. The van der Waals surface area contributed by atoms with Crippen molar-refractivity contribution in [1.82, 2.24) is 9.13 Å². The Balaban J connectivity index is 1.38. The van der Waals surface area contributed by atoms with E-state index in [1.807, 2.05) is 59.2 Å². The molecule has 0 spiro atoms. The van der Waals surface area contributed by atoms with Gasteiger partial charge in [0.1, 0.15) is 11.2 Å². The first kappa shape index (κ1) is 22.9. The van der Waals surface area contributed by atoms with Crippen molar-refractivity contribution in [2.75, 3.05) is 0 Å². The average Bonchev–Trinajstić information content (AvgIpc) is 3.87. The molecule has 0 radical (unpaired) electrons. The van der Waals surface area contributed by atoms with E-state index >= 15 is 0 Å². The second-order valence-corrected chi connectivity index (χ2v) is 12.6. The lowest BCUT2D eigenvalue weighted by atomic mass is 10.0. The maximum atomic E-state index is 9.38. The maximum absolute atomic E-state index is 9.38. The largest absolute Gasteiger partial charge is 0.455 e. The summed E-state index contributed by atoms with van der Waals surface area (Å²) < 4.78 is 47.3. The van der Waals surface area contributed by atoms with E-state index in [1.165, 1.54) is 0 Å². The van der Waals surface area contributed by atoms with Gasteiger partial charge >= 0.3 is 0 Å². The van der Waals surface area contributed by atoms with Crippen LogP contribution in [0.5, 0.6) is 0 Å². The van der Waals surface area contributed by atoms with E-state index in [0.717, 1.165) is 87.9 Å². The summed E-state index contributed by atoms with van der Waals surface area (Å²) in [5.74, 6) is 0. The fourth-order valence-electron chi connectivity index (χ4n) is 7.94. The minimum absolute atomic E-state index is 0.0602. The van der Waals surface area contributed by atoms with E-state index in [2.05, 4.69) is 95.6 Å². The molecule has 0 aliphatic carbocycles. The fourth-order valence-corrected chi connectivity index (χ4v) is 7.94. The lowest BCUT2D eigenvalue weighted by molar-refractivity contribution is 0.670. The molecule has 3 heteroatoms. The van der Waals surface area contributed by atoms with Crippen molar-refractivity contribution in [1.29, 1.82) is 0 Å². The molecular formula is C46H28N2O. The Labute approximate surface area is 287 Å². The number of hydrogen-bond donors (Lipinski definition) is 0. The van der Waals surface area contributed by atoms with Crippen molar-refractivity contribution < 1.29 is 9.90 Å². The predicted octanol–water partition coefficient (Wildman–Crippen LogP) is 12.6. The first-order valence-corrected chi connectivity index (χ1v) is 16.5. The zero-order chi connectivity index (χ0) is 35.5. The Morgan fingerprint density at radius 3 is 2.08 bits per heavy atom. The Bertz CT molecular complexity index is 3320. The van der Waals surface area contributed by atoms with Crippen LogP contribution in [0.3, 0.4) is 0 Å². The minimum atomic E-state index is -0.268. The molecule has 0 saturated carbocycles. The summed E-state index contributed by atoms with van der Waals surface area (Å²) in [7, 11) is 0. The summed E-state index contributed by atoms with van der Waals surface area (Å²) in [6, 6.07) is 49.0. The van der Waals surface area contributed by atoms with E-state index in [0.29, 0.717) is 10.9 Å². The van der Waals surface area contributed by atoms with E-state index in [4.69, 9.17) is 7.16 Å². The lowest BCUT2D eigenvalue weighted by Crippen LogP contribution is -1.97. The number of aromatic nitrogens is 2. The summed E-state index contributed by atoms with van der Waals surface area (Å²) in [6.07, 6.45) is 0. The van der Waals surface area contributed by atoms with Gasteiger partial charge in [-0.15, -0.1) is 0 Å². The summed E-state index contributed by atoms with van der Waals surface area (Å²) in [4.78, 5) is 0. The first-order valence-electron chi connectivity index (χ1n) is 18.5. The predicted molar refractivity (Wildman–Crippen MR) is 205 cm³/mol. The normalized spacial score (nSPS) is 13.2. The lowest BCUT2D eigenvalue weighted by Gasteiger charge is -2.13. The van der Waals surface area contributed by atoms with Gasteiger partial charge in [0.15, 0.2) is 0 Å². The van der Waals surface area contributed by atoms with Gasteiger partial charge in [0, 0.05) is 38.2 Å². The van der Waals surface area contributed by atoms with Crippen LogP contribution in [0, 0.1) is 0 Å². The van der Waals surface area contributed by atoms with Crippen molar-refractivity contribution in [3.8, 4) is 22.5 Å². The third-order valence-electron chi connectivity index (χ3n) is 10.0.